The van der Waals surface area contributed by atoms with Crippen molar-refractivity contribution in [1.82, 2.24) is 47.4 Å². The molecule has 0 saturated carbocycles. The number of aliphatic hydroxyl groups is 2. The van der Waals surface area contributed by atoms with Crippen LogP contribution >= 0.6 is 0 Å². The third-order valence-corrected chi connectivity index (χ3v) is 15.7. The second-order valence-corrected chi connectivity index (χ2v) is 23.0. The first kappa shape index (κ1) is 72.8. The number of nitrogens with zero attached hydrogens (tertiary/aromatic N) is 2. The second kappa shape index (κ2) is 36.0. The first-order valence-corrected chi connectivity index (χ1v) is 30.1. The first-order valence-electron chi connectivity index (χ1n) is 30.1. The van der Waals surface area contributed by atoms with Gasteiger partial charge in [0.05, 0.1) is 18.8 Å². The monoisotopic (exact) mass is 1240 g/mol. The number of aliphatic imine (C=N–C) groups is 1. The van der Waals surface area contributed by atoms with Crippen molar-refractivity contribution < 1.29 is 68.4 Å². The van der Waals surface area contributed by atoms with Crippen LogP contribution in [0, 0.1) is 17.8 Å². The summed E-state index contributed by atoms with van der Waals surface area (Å²) in [4.78, 5) is 145. The summed E-state index contributed by atoms with van der Waals surface area (Å²) in [7, 11) is 0. The highest BCUT2D eigenvalue weighted by Crippen LogP contribution is 2.21. The zero-order valence-corrected chi connectivity index (χ0v) is 51.6. The fourth-order valence-electron chi connectivity index (χ4n) is 9.88. The van der Waals surface area contributed by atoms with E-state index in [4.69, 9.17) is 17.2 Å². The smallest absolute Gasteiger partial charge is 0.326 e. The molecule has 3 aromatic carbocycles. The highest BCUT2D eigenvalue weighted by atomic mass is 16.4. The molecule has 0 radical (unpaired) electrons. The standard InChI is InChI=1S/C62H91N13O14/c1-8-35(5)48(63)56(83)69-44(31-40-24-26-41(78)27-25-40)53(80)68-43(30-38-18-12-10-13-19-38)54(81)71-46(33-76)60(87)75-29-17-23-47(75)55(82)73-50(36(6)9-2)58(85)67-42(22-16-28-66-62(64)65)52(79)72-49(34(3)4)57(84)74-51(37(7)77)59(86)70-45(61(88)89)32-39-20-14-11-15-21-39/h10-15,18-21,24-27,34-37,42-51,76-78H,8-9,16-17,22-23,28-33,63H2,1-7H3,(H,67,85)(H,68,80)(H,69,83)(H,70,86)(H,71,81)(H,72,79)(H,73,82)(H,74,84)(H,88,89)(H4,64,65,66)/t35-,36-,37+,42-,43-,44-,45-,46-,47-,48-,49-,50-,51-/m0/s1. The summed E-state index contributed by atoms with van der Waals surface area (Å²) in [6, 6.07) is 9.38. The minimum Gasteiger partial charge on any atom is -0.508 e. The quantitative estimate of drug-likeness (QED) is 0.0188. The maximum Gasteiger partial charge on any atom is 0.326 e. The van der Waals surface area contributed by atoms with Crippen molar-refractivity contribution >= 4 is 65.1 Å². The number of aliphatic hydroxyl groups excluding tert-OH is 2. The molecule has 18 N–H and O–H groups in total. The van der Waals surface area contributed by atoms with Crippen LogP contribution in [0.3, 0.4) is 0 Å². The van der Waals surface area contributed by atoms with Gasteiger partial charge in [-0.05, 0) is 79.2 Å². The zero-order chi connectivity index (χ0) is 66.1. The lowest BCUT2D eigenvalue weighted by atomic mass is 9.96. The fourth-order valence-corrected chi connectivity index (χ4v) is 9.88. The molecular weight excluding hydrogens is 1150 g/mol. The molecule has 488 valence electrons. The van der Waals surface area contributed by atoms with Crippen LogP contribution in [0.25, 0.3) is 0 Å². The SMILES string of the molecule is CC[C@H](C)[C@H](N)C(=O)N[C@@H](Cc1ccc(O)cc1)C(=O)N[C@@H](Cc1ccccc1)C(=O)N[C@@H](CO)C(=O)N1CCC[C@H]1C(=O)N[C@H](C(=O)N[C@@H](CCCN=C(N)N)C(=O)N[C@H](C(=O)N[C@H](C(=O)N[C@@H](Cc1ccccc1)C(=O)O)[C@@H](C)O)C(C)C)[C@@H](C)CC. The van der Waals surface area contributed by atoms with Gasteiger partial charge in [0, 0.05) is 32.4 Å². The predicted molar refractivity (Wildman–Crippen MR) is 330 cm³/mol. The number of benzene rings is 3. The molecule has 0 bridgehead atoms. The molecule has 27 heteroatoms. The topological polar surface area (TPSA) is 442 Å². The van der Waals surface area contributed by atoms with E-state index in [1.807, 2.05) is 6.92 Å². The van der Waals surface area contributed by atoms with E-state index in [9.17, 15) is 68.4 Å². The Labute approximate surface area is 518 Å². The molecule has 0 aromatic heterocycles. The van der Waals surface area contributed by atoms with Gasteiger partial charge in [-0.3, -0.25) is 48.1 Å². The predicted octanol–water partition coefficient (Wildman–Crippen LogP) is -1.12. The van der Waals surface area contributed by atoms with Gasteiger partial charge in [0.1, 0.15) is 60.1 Å². The number of likely N-dealkylation sites (tertiary alicyclic amines) is 1. The Bertz CT molecular complexity index is 2880. The van der Waals surface area contributed by atoms with Crippen molar-refractivity contribution in [3.8, 4) is 5.75 Å². The van der Waals surface area contributed by atoms with E-state index in [1.165, 1.54) is 24.0 Å². The molecule has 1 saturated heterocycles. The Morgan fingerprint density at radius 1 is 0.573 bits per heavy atom. The number of phenols is 1. The molecule has 89 heavy (non-hydrogen) atoms. The van der Waals surface area contributed by atoms with Crippen LogP contribution in [0.4, 0.5) is 0 Å². The Kier molecular flexibility index (Phi) is 29.4. The normalized spacial score (nSPS) is 17.0. The number of nitrogens with one attached hydrogen (secondary N) is 8. The van der Waals surface area contributed by atoms with E-state index < -0.39 is 144 Å². The first-order chi connectivity index (χ1) is 42.2. The number of carboxylic acid groups (broad SMARTS) is 1. The van der Waals surface area contributed by atoms with Gasteiger partial charge in [0.25, 0.3) is 0 Å². The maximum absolute atomic E-state index is 14.5. The number of phenolic OH excluding ortho intramolecular Hbond substituents is 1. The van der Waals surface area contributed by atoms with Crippen molar-refractivity contribution in [1.29, 1.82) is 0 Å². The average Bonchev–Trinajstić information content (AvgIpc) is 3.55. The lowest BCUT2D eigenvalue weighted by Gasteiger charge is -2.32. The van der Waals surface area contributed by atoms with Crippen LogP contribution in [0.15, 0.2) is 89.9 Å². The molecule has 13 atom stereocenters. The van der Waals surface area contributed by atoms with Crippen molar-refractivity contribution in [2.75, 3.05) is 19.7 Å². The van der Waals surface area contributed by atoms with Crippen molar-refractivity contribution in [3.05, 3.63) is 102 Å². The number of guanidine groups is 1. The molecule has 9 amide bonds. The molecule has 27 nitrogen and oxygen atoms in total. The Morgan fingerprint density at radius 3 is 1.54 bits per heavy atom. The number of aliphatic carboxylic acids is 1. The van der Waals surface area contributed by atoms with Gasteiger partial charge in [-0.2, -0.15) is 0 Å². The Balaban J connectivity index is 1.54. The highest BCUT2D eigenvalue weighted by Gasteiger charge is 2.42. The van der Waals surface area contributed by atoms with E-state index in [-0.39, 0.29) is 69.2 Å². The molecule has 1 fully saturated rings. The average molecular weight is 1240 g/mol. The molecule has 3 aromatic rings. The van der Waals surface area contributed by atoms with Gasteiger partial charge < -0.3 is 85.1 Å². The van der Waals surface area contributed by atoms with Crippen LogP contribution in [-0.2, 0) is 67.2 Å². The minimum absolute atomic E-state index is 0.00741. The molecule has 1 aliphatic heterocycles. The summed E-state index contributed by atoms with van der Waals surface area (Å²) in [5, 5.41) is 62.1. The summed E-state index contributed by atoms with van der Waals surface area (Å²) in [6.07, 6.45) is -0.463. The third-order valence-electron chi connectivity index (χ3n) is 15.7. The number of rotatable bonds is 35. The van der Waals surface area contributed by atoms with Crippen molar-refractivity contribution in [3.63, 3.8) is 0 Å². The van der Waals surface area contributed by atoms with Gasteiger partial charge in [-0.25, -0.2) is 4.79 Å². The number of aromatic hydroxyl groups is 1. The van der Waals surface area contributed by atoms with Crippen LogP contribution in [-0.4, -0.2) is 177 Å². The summed E-state index contributed by atoms with van der Waals surface area (Å²) < 4.78 is 0. The lowest BCUT2D eigenvalue weighted by Crippen LogP contribution is -2.62. The molecule has 4 rings (SSSR count). The number of carboxylic acids is 1. The van der Waals surface area contributed by atoms with Gasteiger partial charge in [0.15, 0.2) is 5.96 Å². The highest BCUT2D eigenvalue weighted by molar-refractivity contribution is 5.99. The van der Waals surface area contributed by atoms with E-state index >= 15 is 0 Å². The number of carbonyl (C=O) groups excluding carboxylic acids is 9. The molecule has 0 aliphatic carbocycles. The largest absolute Gasteiger partial charge is 0.508 e. The second-order valence-electron chi connectivity index (χ2n) is 23.0. The van der Waals surface area contributed by atoms with E-state index in [0.717, 1.165) is 0 Å². The Hall–Kier alpha value is -8.69. The number of nitrogens with two attached hydrogens (primary N) is 3. The molecule has 1 heterocycles. The fraction of sp³-hybridized carbons (Fsp3) is 0.532. The van der Waals surface area contributed by atoms with E-state index in [2.05, 4.69) is 47.5 Å². The summed E-state index contributed by atoms with van der Waals surface area (Å²) in [5.41, 5.74) is 19.1. The summed E-state index contributed by atoms with van der Waals surface area (Å²) >= 11 is 0. The van der Waals surface area contributed by atoms with Crippen LogP contribution in [0.2, 0.25) is 0 Å². The van der Waals surface area contributed by atoms with Crippen LogP contribution in [0.1, 0.15) is 104 Å². The Morgan fingerprint density at radius 2 is 1.03 bits per heavy atom. The number of hydrogen-bond acceptors (Lipinski definition) is 15. The minimum atomic E-state index is -1.67. The third kappa shape index (κ3) is 22.8. The molecular formula is C62H91N13O14. The van der Waals surface area contributed by atoms with Crippen LogP contribution < -0.4 is 59.7 Å². The van der Waals surface area contributed by atoms with Gasteiger partial charge in [0.2, 0.25) is 53.2 Å². The van der Waals surface area contributed by atoms with E-state index in [0.29, 0.717) is 36.0 Å². The summed E-state index contributed by atoms with van der Waals surface area (Å²) in [5.74, 6) is -10.6. The zero-order valence-electron chi connectivity index (χ0n) is 51.6. The molecule has 0 spiro atoms. The van der Waals surface area contributed by atoms with Gasteiger partial charge in [-0.15, -0.1) is 0 Å². The van der Waals surface area contributed by atoms with Crippen LogP contribution in [0.5, 0.6) is 5.75 Å². The maximum atomic E-state index is 14.5. The van der Waals surface area contributed by atoms with E-state index in [1.54, 1.807) is 107 Å². The molecule has 1 aliphatic rings. The van der Waals surface area contributed by atoms with Gasteiger partial charge >= 0.3 is 5.97 Å². The molecule has 0 unspecified atom stereocenters. The summed E-state index contributed by atoms with van der Waals surface area (Å²) in [6.45, 7) is 10.6. The van der Waals surface area contributed by atoms with Gasteiger partial charge in [-0.1, -0.05) is 127 Å². The lowest BCUT2D eigenvalue weighted by molar-refractivity contribution is -0.143. The number of amides is 9. The number of hydrogen-bond donors (Lipinski definition) is 15. The van der Waals surface area contributed by atoms with Crippen molar-refractivity contribution in [2.24, 2.45) is 39.9 Å². The van der Waals surface area contributed by atoms with Crippen molar-refractivity contribution in [2.45, 2.75) is 173 Å². The number of carbonyl (C=O) groups is 10.